The molecule has 29 heavy (non-hydrogen) atoms. The second kappa shape index (κ2) is 9.84. The number of carbonyl (C=O) groups is 3. The van der Waals surface area contributed by atoms with Gasteiger partial charge >= 0.3 is 5.97 Å². The highest BCUT2D eigenvalue weighted by atomic mass is 32.2. The van der Waals surface area contributed by atoms with Crippen molar-refractivity contribution >= 4 is 33.5 Å². The second-order valence-corrected chi connectivity index (χ2v) is 9.24. The molecule has 0 radical (unpaired) electrons. The maximum absolute atomic E-state index is 12.6. The summed E-state index contributed by atoms with van der Waals surface area (Å²) < 4.78 is 31.0. The molecule has 1 aromatic rings. The van der Waals surface area contributed by atoms with E-state index < -0.39 is 29.1 Å². The molecule has 10 heteroatoms. The van der Waals surface area contributed by atoms with Crippen LogP contribution in [0.15, 0.2) is 29.2 Å². The fourth-order valence-electron chi connectivity index (χ4n) is 2.90. The summed E-state index contributed by atoms with van der Waals surface area (Å²) in [6.07, 6.45) is 1.84. The Hall–Kier alpha value is -2.46. The number of likely N-dealkylation sites (N-methyl/N-ethyl adjacent to an activating group) is 1. The van der Waals surface area contributed by atoms with E-state index in [0.717, 1.165) is 17.1 Å². The Kier molecular flexibility index (Phi) is 7.74. The van der Waals surface area contributed by atoms with Crippen molar-refractivity contribution in [1.82, 2.24) is 9.21 Å². The van der Waals surface area contributed by atoms with Gasteiger partial charge in [0.15, 0.2) is 6.61 Å². The van der Waals surface area contributed by atoms with Crippen LogP contribution in [0, 0.1) is 5.92 Å². The number of likely N-dealkylation sites (tertiary alicyclic amines) is 1. The van der Waals surface area contributed by atoms with Gasteiger partial charge in [0, 0.05) is 32.7 Å². The Morgan fingerprint density at radius 2 is 1.76 bits per heavy atom. The van der Waals surface area contributed by atoms with Gasteiger partial charge in [0.2, 0.25) is 15.9 Å². The lowest BCUT2D eigenvalue weighted by Crippen LogP contribution is -2.41. The summed E-state index contributed by atoms with van der Waals surface area (Å²) in [6.45, 7) is 3.85. The van der Waals surface area contributed by atoms with Crippen LogP contribution in [0.5, 0.6) is 0 Å². The van der Waals surface area contributed by atoms with Crippen molar-refractivity contribution in [1.29, 1.82) is 0 Å². The maximum atomic E-state index is 12.6. The van der Waals surface area contributed by atoms with Gasteiger partial charge in [-0.05, 0) is 43.0 Å². The average molecular weight is 426 g/mol. The number of hydrogen-bond donors (Lipinski definition) is 1. The molecule has 2 rings (SSSR count). The van der Waals surface area contributed by atoms with Crippen molar-refractivity contribution in [3.63, 3.8) is 0 Å². The molecule has 0 bridgehead atoms. The number of sulfonamides is 1. The first-order valence-electron chi connectivity index (χ1n) is 9.37. The lowest BCUT2D eigenvalue weighted by molar-refractivity contribution is -0.152. The van der Waals surface area contributed by atoms with Crippen LogP contribution in [-0.2, 0) is 29.1 Å². The summed E-state index contributed by atoms with van der Waals surface area (Å²) in [7, 11) is -2.66. The maximum Gasteiger partial charge on any atom is 0.321 e. The number of hydrogen-bond acceptors (Lipinski definition) is 6. The fourth-order valence-corrected chi connectivity index (χ4v) is 4.01. The SMILES string of the molecule is CC(=O)Nc1ccc(S(=O)(=O)N(C)CC(=O)OCC(=O)N2CCC(C)CC2)cc1. The standard InChI is InChI=1S/C19H27N3O6S/c1-14-8-10-22(11-9-14)18(24)13-28-19(25)12-21(3)29(26,27)17-6-4-16(5-7-17)20-15(2)23/h4-7,14H,8-13H2,1-3H3,(H,20,23). The van der Waals surface area contributed by atoms with E-state index in [9.17, 15) is 22.8 Å². The van der Waals surface area contributed by atoms with Crippen molar-refractivity contribution in [2.24, 2.45) is 5.92 Å². The zero-order chi connectivity index (χ0) is 21.6. The van der Waals surface area contributed by atoms with Gasteiger partial charge in [0.25, 0.3) is 5.91 Å². The Labute approximate surface area is 171 Å². The molecule has 1 fully saturated rings. The Bertz CT molecular complexity index is 845. The van der Waals surface area contributed by atoms with Crippen LogP contribution >= 0.6 is 0 Å². The summed E-state index contributed by atoms with van der Waals surface area (Å²) >= 11 is 0. The lowest BCUT2D eigenvalue weighted by Gasteiger charge is -2.30. The first kappa shape index (κ1) is 22.8. The zero-order valence-corrected chi connectivity index (χ0v) is 17.7. The molecule has 1 saturated heterocycles. The molecule has 9 nitrogen and oxygen atoms in total. The molecule has 0 unspecified atom stereocenters. The van der Waals surface area contributed by atoms with Crippen molar-refractivity contribution in [3.8, 4) is 0 Å². The number of rotatable bonds is 7. The molecular weight excluding hydrogens is 398 g/mol. The molecule has 1 aromatic carbocycles. The van der Waals surface area contributed by atoms with Gasteiger partial charge in [-0.3, -0.25) is 14.4 Å². The van der Waals surface area contributed by atoms with E-state index in [4.69, 9.17) is 4.74 Å². The fraction of sp³-hybridized carbons (Fsp3) is 0.526. The van der Waals surface area contributed by atoms with Crippen LogP contribution in [0.3, 0.4) is 0 Å². The van der Waals surface area contributed by atoms with E-state index in [0.29, 0.717) is 24.7 Å². The molecule has 1 aliphatic rings. The number of benzene rings is 1. The molecule has 0 atom stereocenters. The predicted molar refractivity (Wildman–Crippen MR) is 106 cm³/mol. The quantitative estimate of drug-likeness (QED) is 0.654. The number of nitrogens with one attached hydrogen (secondary N) is 1. The van der Waals surface area contributed by atoms with Crippen LogP contribution in [0.4, 0.5) is 5.69 Å². The van der Waals surface area contributed by atoms with Gasteiger partial charge in [-0.15, -0.1) is 0 Å². The molecule has 1 aliphatic heterocycles. The molecule has 0 saturated carbocycles. The van der Waals surface area contributed by atoms with Crippen molar-refractivity contribution < 1.29 is 27.5 Å². The third-order valence-electron chi connectivity index (χ3n) is 4.73. The van der Waals surface area contributed by atoms with Crippen LogP contribution in [0.2, 0.25) is 0 Å². The van der Waals surface area contributed by atoms with E-state index in [1.165, 1.54) is 38.2 Å². The smallest absolute Gasteiger partial charge is 0.321 e. The number of ether oxygens (including phenoxy) is 1. The highest BCUT2D eigenvalue weighted by molar-refractivity contribution is 7.89. The minimum absolute atomic E-state index is 0.0274. The van der Waals surface area contributed by atoms with Gasteiger partial charge in [0.05, 0.1) is 4.90 Å². The monoisotopic (exact) mass is 425 g/mol. The third-order valence-corrected chi connectivity index (χ3v) is 6.55. The van der Waals surface area contributed by atoms with Gasteiger partial charge in [-0.25, -0.2) is 8.42 Å². The highest BCUT2D eigenvalue weighted by Gasteiger charge is 2.25. The lowest BCUT2D eigenvalue weighted by atomic mass is 9.99. The van der Waals surface area contributed by atoms with E-state index >= 15 is 0 Å². The molecule has 2 amide bonds. The number of piperidine rings is 1. The minimum atomic E-state index is -3.92. The molecule has 1 heterocycles. The highest BCUT2D eigenvalue weighted by Crippen LogP contribution is 2.18. The summed E-state index contributed by atoms with van der Waals surface area (Å²) in [6, 6.07) is 5.59. The molecule has 0 aliphatic carbocycles. The van der Waals surface area contributed by atoms with Gasteiger partial charge in [-0.2, -0.15) is 4.31 Å². The largest absolute Gasteiger partial charge is 0.455 e. The van der Waals surface area contributed by atoms with Crippen molar-refractivity contribution in [3.05, 3.63) is 24.3 Å². The Balaban J connectivity index is 1.87. The number of esters is 1. The van der Waals surface area contributed by atoms with Gasteiger partial charge in [0.1, 0.15) is 6.54 Å². The molecular formula is C19H27N3O6S. The summed E-state index contributed by atoms with van der Waals surface area (Å²) in [5, 5.41) is 2.54. The van der Waals surface area contributed by atoms with Gasteiger partial charge < -0.3 is 15.0 Å². The summed E-state index contributed by atoms with van der Waals surface area (Å²) in [4.78, 5) is 36.8. The predicted octanol–water partition coefficient (Wildman–Crippen LogP) is 1.07. The third kappa shape index (κ3) is 6.53. The first-order valence-corrected chi connectivity index (χ1v) is 10.8. The zero-order valence-electron chi connectivity index (χ0n) is 16.9. The topological polar surface area (TPSA) is 113 Å². The number of amides is 2. The number of anilines is 1. The van der Waals surface area contributed by atoms with Crippen LogP contribution in [0.1, 0.15) is 26.7 Å². The van der Waals surface area contributed by atoms with E-state index in [1.807, 2.05) is 0 Å². The minimum Gasteiger partial charge on any atom is -0.455 e. The van der Waals surface area contributed by atoms with Crippen molar-refractivity contribution in [2.75, 3.05) is 38.6 Å². The van der Waals surface area contributed by atoms with Crippen LogP contribution in [0.25, 0.3) is 0 Å². The van der Waals surface area contributed by atoms with E-state index in [1.54, 1.807) is 4.90 Å². The summed E-state index contributed by atoms with van der Waals surface area (Å²) in [5.41, 5.74) is 0.462. The van der Waals surface area contributed by atoms with Crippen LogP contribution in [-0.4, -0.2) is 68.7 Å². The Morgan fingerprint density at radius 1 is 1.17 bits per heavy atom. The summed E-state index contributed by atoms with van der Waals surface area (Å²) in [5.74, 6) is -0.768. The number of nitrogens with zero attached hydrogens (tertiary/aromatic N) is 2. The first-order chi connectivity index (χ1) is 13.6. The Morgan fingerprint density at radius 3 is 2.31 bits per heavy atom. The molecule has 160 valence electrons. The molecule has 1 N–H and O–H groups in total. The molecule has 0 aromatic heterocycles. The van der Waals surface area contributed by atoms with Crippen LogP contribution < -0.4 is 5.32 Å². The van der Waals surface area contributed by atoms with Crippen molar-refractivity contribution in [2.45, 2.75) is 31.6 Å². The normalized spacial score (nSPS) is 15.2. The van der Waals surface area contributed by atoms with E-state index in [-0.39, 0.29) is 16.7 Å². The second-order valence-electron chi connectivity index (χ2n) is 7.19. The average Bonchev–Trinajstić information content (AvgIpc) is 2.66. The number of carbonyl (C=O) groups excluding carboxylic acids is 3. The van der Waals surface area contributed by atoms with E-state index in [2.05, 4.69) is 12.2 Å². The molecule has 0 spiro atoms. The van der Waals surface area contributed by atoms with Gasteiger partial charge in [-0.1, -0.05) is 6.92 Å².